The van der Waals surface area contributed by atoms with Gasteiger partial charge in [0.15, 0.2) is 0 Å². The third-order valence-electron chi connectivity index (χ3n) is 6.23. The highest BCUT2D eigenvalue weighted by atomic mass is 32.2. The number of aromatic nitrogens is 2. The fourth-order valence-electron chi connectivity index (χ4n) is 4.27. The van der Waals surface area contributed by atoms with Crippen molar-refractivity contribution in [3.63, 3.8) is 0 Å². The molecule has 3 aromatic rings. The van der Waals surface area contributed by atoms with Crippen molar-refractivity contribution in [2.75, 3.05) is 37.7 Å². The first kappa shape index (κ1) is 22.6. The lowest BCUT2D eigenvalue weighted by molar-refractivity contribution is 0.0730. The van der Waals surface area contributed by atoms with Crippen LogP contribution >= 0.6 is 0 Å². The number of hydrogen-bond acceptors (Lipinski definition) is 6. The van der Waals surface area contributed by atoms with E-state index >= 15 is 0 Å². The monoisotopic (exact) mass is 481 g/mol. The van der Waals surface area contributed by atoms with Crippen molar-refractivity contribution in [3.05, 3.63) is 77.2 Å². The average Bonchev–Trinajstić information content (AvgIpc) is 3.39. The fraction of sp³-hybridized carbons (Fsp3) is 0.333. The maximum Gasteiger partial charge on any atom is 0.268 e. The molecule has 0 spiro atoms. The molecule has 0 bridgehead atoms. The Kier molecular flexibility index (Phi) is 6.36. The molecule has 1 amide bonds. The molecule has 0 saturated carbocycles. The Balaban J connectivity index is 1.18. The number of fused-ring (bicyclic) bond motifs is 1. The second kappa shape index (κ2) is 9.57. The lowest BCUT2D eigenvalue weighted by Crippen LogP contribution is -2.40. The van der Waals surface area contributed by atoms with Gasteiger partial charge in [0.05, 0.1) is 13.2 Å². The minimum Gasteiger partial charge on any atom is -0.379 e. The number of sulfonamides is 1. The number of pyridine rings is 1. The molecule has 1 saturated heterocycles. The lowest BCUT2D eigenvalue weighted by Gasteiger charge is -2.29. The highest BCUT2D eigenvalue weighted by Crippen LogP contribution is 2.23. The number of carbonyl (C=O) groups excluding carboxylic acids is 1. The molecule has 2 aliphatic heterocycles. The van der Waals surface area contributed by atoms with E-state index in [1.165, 1.54) is 27.7 Å². The molecular formula is C24H27N5O4S. The zero-order valence-electron chi connectivity index (χ0n) is 18.7. The van der Waals surface area contributed by atoms with Crippen LogP contribution < -0.4 is 10.2 Å². The molecule has 9 nitrogen and oxygen atoms in total. The van der Waals surface area contributed by atoms with Gasteiger partial charge >= 0.3 is 0 Å². The Morgan fingerprint density at radius 2 is 1.88 bits per heavy atom. The van der Waals surface area contributed by atoms with Crippen LogP contribution in [-0.2, 0) is 34.3 Å². The topological polar surface area (TPSA) is 108 Å². The Hall–Kier alpha value is -3.21. The van der Waals surface area contributed by atoms with Gasteiger partial charge in [-0.25, -0.2) is 13.4 Å². The number of amides is 1. The first-order valence-electron chi connectivity index (χ1n) is 11.3. The third-order valence-corrected chi connectivity index (χ3v) is 8.10. The highest BCUT2D eigenvalue weighted by molar-refractivity contribution is 7.89. The summed E-state index contributed by atoms with van der Waals surface area (Å²) in [5, 5.41) is 2.82. The minimum absolute atomic E-state index is 0.0775. The van der Waals surface area contributed by atoms with Gasteiger partial charge in [0, 0.05) is 45.1 Å². The number of rotatable bonds is 6. The number of morpholine rings is 1. The largest absolute Gasteiger partial charge is 0.379 e. The summed E-state index contributed by atoms with van der Waals surface area (Å²) in [6.07, 6.45) is 4.11. The van der Waals surface area contributed by atoms with Gasteiger partial charge in [-0.2, -0.15) is 4.31 Å². The summed E-state index contributed by atoms with van der Waals surface area (Å²) in [4.78, 5) is 22.3. The molecule has 2 aromatic heterocycles. The van der Waals surface area contributed by atoms with Gasteiger partial charge < -0.3 is 19.9 Å². The predicted molar refractivity (Wildman–Crippen MR) is 127 cm³/mol. The van der Waals surface area contributed by atoms with E-state index in [-0.39, 0.29) is 16.5 Å². The van der Waals surface area contributed by atoms with Crippen molar-refractivity contribution in [2.24, 2.45) is 0 Å². The van der Waals surface area contributed by atoms with Crippen molar-refractivity contribution < 1.29 is 17.9 Å². The normalized spacial score (nSPS) is 16.8. The second-order valence-corrected chi connectivity index (χ2v) is 10.4. The summed E-state index contributed by atoms with van der Waals surface area (Å²) < 4.78 is 32.1. The molecule has 10 heteroatoms. The summed E-state index contributed by atoms with van der Waals surface area (Å²) in [6, 6.07) is 13.8. The Morgan fingerprint density at radius 1 is 1.09 bits per heavy atom. The fourth-order valence-corrected chi connectivity index (χ4v) is 5.67. The summed E-state index contributed by atoms with van der Waals surface area (Å²) in [5.74, 6) is 0.534. The van der Waals surface area contributed by atoms with Crippen molar-refractivity contribution >= 4 is 21.7 Å². The van der Waals surface area contributed by atoms with Crippen LogP contribution in [0.2, 0.25) is 0 Å². The van der Waals surface area contributed by atoms with Gasteiger partial charge in [0.1, 0.15) is 16.4 Å². The number of H-pyrrole nitrogens is 1. The van der Waals surface area contributed by atoms with E-state index in [0.29, 0.717) is 32.8 Å². The quantitative estimate of drug-likeness (QED) is 0.557. The first-order valence-corrected chi connectivity index (χ1v) is 12.8. The van der Waals surface area contributed by atoms with Crippen LogP contribution in [0.15, 0.2) is 59.8 Å². The Labute approximate surface area is 198 Å². The van der Waals surface area contributed by atoms with E-state index in [1.54, 1.807) is 6.20 Å². The molecule has 178 valence electrons. The van der Waals surface area contributed by atoms with Crippen LogP contribution in [0.25, 0.3) is 0 Å². The van der Waals surface area contributed by atoms with E-state index in [4.69, 9.17) is 4.74 Å². The zero-order chi connectivity index (χ0) is 23.5. The summed E-state index contributed by atoms with van der Waals surface area (Å²) in [7, 11) is -3.65. The molecule has 0 aliphatic carbocycles. The third kappa shape index (κ3) is 4.70. The lowest BCUT2D eigenvalue weighted by atomic mass is 10.00. The van der Waals surface area contributed by atoms with Crippen molar-refractivity contribution in [2.45, 2.75) is 24.4 Å². The molecule has 2 aliphatic rings. The number of anilines is 1. The second-order valence-electron chi connectivity index (χ2n) is 8.41. The molecule has 0 atom stereocenters. The van der Waals surface area contributed by atoms with Gasteiger partial charge in [-0.05, 0) is 35.2 Å². The number of nitrogens with zero attached hydrogens (tertiary/aromatic N) is 3. The number of benzene rings is 1. The van der Waals surface area contributed by atoms with Crippen LogP contribution in [0.4, 0.5) is 5.82 Å². The van der Waals surface area contributed by atoms with Gasteiger partial charge in [-0.1, -0.05) is 30.3 Å². The molecular weight excluding hydrogens is 454 g/mol. The van der Waals surface area contributed by atoms with Gasteiger partial charge in [-0.15, -0.1) is 0 Å². The first-order chi connectivity index (χ1) is 16.5. The van der Waals surface area contributed by atoms with Crippen molar-refractivity contribution in [1.82, 2.24) is 19.6 Å². The van der Waals surface area contributed by atoms with E-state index < -0.39 is 10.0 Å². The summed E-state index contributed by atoms with van der Waals surface area (Å²) >= 11 is 0. The summed E-state index contributed by atoms with van der Waals surface area (Å²) in [5.41, 5.74) is 3.78. The highest BCUT2D eigenvalue weighted by Gasteiger charge is 2.28. The van der Waals surface area contributed by atoms with E-state index in [1.807, 2.05) is 12.1 Å². The number of hydrogen-bond donors (Lipinski definition) is 2. The van der Waals surface area contributed by atoms with Crippen LogP contribution in [0, 0.1) is 0 Å². The van der Waals surface area contributed by atoms with Crippen LogP contribution in [-0.4, -0.2) is 61.4 Å². The van der Waals surface area contributed by atoms with Gasteiger partial charge in [0.25, 0.3) is 5.91 Å². The maximum atomic E-state index is 12.7. The SMILES string of the molecule is O=C(NCc1ccc(N2CCc3ccccc3C2)nc1)c1cc(S(=O)(=O)N2CCOCC2)c[nH]1. The van der Waals surface area contributed by atoms with Gasteiger partial charge in [0.2, 0.25) is 10.0 Å². The standard InChI is InChI=1S/C24H27N5O4S/c30-24(22-13-21(16-25-22)34(31,32)29-9-11-33-12-10-29)27-15-18-5-6-23(26-14-18)28-8-7-19-3-1-2-4-20(19)17-28/h1-6,13-14,16,25H,7-12,15,17H2,(H,27,30). The Bertz CT molecular complexity index is 1270. The van der Waals surface area contributed by atoms with Crippen LogP contribution in [0.1, 0.15) is 27.2 Å². The summed E-state index contributed by atoms with van der Waals surface area (Å²) in [6.45, 7) is 3.40. The molecule has 2 N–H and O–H groups in total. The molecule has 0 radical (unpaired) electrons. The van der Waals surface area contributed by atoms with Gasteiger partial charge in [-0.3, -0.25) is 4.79 Å². The molecule has 0 unspecified atom stereocenters. The zero-order valence-corrected chi connectivity index (χ0v) is 19.6. The van der Waals surface area contributed by atoms with E-state index in [2.05, 4.69) is 44.5 Å². The number of nitrogens with one attached hydrogen (secondary N) is 2. The minimum atomic E-state index is -3.65. The predicted octanol–water partition coefficient (Wildman–Crippen LogP) is 1.92. The smallest absolute Gasteiger partial charge is 0.268 e. The number of aromatic amines is 1. The van der Waals surface area contributed by atoms with Crippen molar-refractivity contribution in [3.8, 4) is 0 Å². The maximum absolute atomic E-state index is 12.7. The molecule has 4 heterocycles. The molecule has 5 rings (SSSR count). The van der Waals surface area contributed by atoms with Crippen LogP contribution in [0.3, 0.4) is 0 Å². The van der Waals surface area contributed by atoms with E-state index in [0.717, 1.165) is 30.9 Å². The Morgan fingerprint density at radius 3 is 2.65 bits per heavy atom. The van der Waals surface area contributed by atoms with Crippen LogP contribution in [0.5, 0.6) is 0 Å². The number of carbonyl (C=O) groups is 1. The van der Waals surface area contributed by atoms with Crippen molar-refractivity contribution in [1.29, 1.82) is 0 Å². The number of ether oxygens (including phenoxy) is 1. The van der Waals surface area contributed by atoms with E-state index in [9.17, 15) is 13.2 Å². The average molecular weight is 482 g/mol. The molecule has 34 heavy (non-hydrogen) atoms. The molecule has 1 fully saturated rings. The molecule has 1 aromatic carbocycles.